The van der Waals surface area contributed by atoms with E-state index in [1.165, 1.54) is 16.7 Å². The van der Waals surface area contributed by atoms with Gasteiger partial charge in [-0.05, 0) is 60.8 Å². The number of aromatic nitrogens is 1. The maximum absolute atomic E-state index is 13.6. The zero-order valence-corrected chi connectivity index (χ0v) is 22.5. The maximum Gasteiger partial charge on any atom is 0.270 e. The molecule has 1 aliphatic heterocycles. The highest BCUT2D eigenvalue weighted by Gasteiger charge is 2.35. The molecule has 2 heterocycles. The van der Waals surface area contributed by atoms with Crippen molar-refractivity contribution in [1.82, 2.24) is 9.88 Å². The molecule has 5 nitrogen and oxygen atoms in total. The third-order valence-corrected chi connectivity index (χ3v) is 8.41. The van der Waals surface area contributed by atoms with Gasteiger partial charge in [-0.15, -0.1) is 0 Å². The minimum absolute atomic E-state index is 0.000148. The summed E-state index contributed by atoms with van der Waals surface area (Å²) in [6, 6.07) is 19.7. The van der Waals surface area contributed by atoms with Gasteiger partial charge in [-0.3, -0.25) is 19.8 Å². The molecule has 180 valence electrons. The van der Waals surface area contributed by atoms with Crippen molar-refractivity contribution in [2.24, 2.45) is 7.05 Å². The Balaban J connectivity index is 1.67. The number of hydrogen-bond donors (Lipinski definition) is 1. The number of thiocarbonyl (C=S) groups is 1. The Bertz CT molecular complexity index is 1580. The van der Waals surface area contributed by atoms with Crippen LogP contribution in [0.15, 0.2) is 82.2 Å². The van der Waals surface area contributed by atoms with Gasteiger partial charge in [-0.2, -0.15) is 0 Å². The molecular weight excluding hydrogens is 557 g/mol. The number of carbonyl (C=O) groups excluding carboxylic acids is 2. The first-order chi connectivity index (χ1) is 17.3. The SMILES string of the molecule is Cn1c(Sc2c(Cl)cccc2Cl)c(C=C2C(=O)NC(=S)N(c3ccc(Cl)cc3)C2=O)c2ccccc21. The fraction of sp³-hybridized carbons (Fsp3) is 0.0385. The lowest BCUT2D eigenvalue weighted by molar-refractivity contribution is -0.122. The molecule has 1 saturated heterocycles. The van der Waals surface area contributed by atoms with Crippen molar-refractivity contribution < 1.29 is 9.59 Å². The molecule has 0 bridgehead atoms. The number of nitrogens with one attached hydrogen (secondary N) is 1. The molecule has 0 radical (unpaired) electrons. The number of carbonyl (C=O) groups is 2. The zero-order valence-electron chi connectivity index (χ0n) is 18.6. The number of para-hydroxylation sites is 1. The molecule has 1 N–H and O–H groups in total. The lowest BCUT2D eigenvalue weighted by Crippen LogP contribution is -2.54. The maximum atomic E-state index is 13.6. The van der Waals surface area contributed by atoms with Crippen molar-refractivity contribution in [3.05, 3.63) is 92.9 Å². The second-order valence-corrected chi connectivity index (χ2v) is 10.5. The average molecular weight is 573 g/mol. The van der Waals surface area contributed by atoms with Crippen LogP contribution in [0.3, 0.4) is 0 Å². The summed E-state index contributed by atoms with van der Waals surface area (Å²) in [6.45, 7) is 0. The Morgan fingerprint density at radius 2 is 1.58 bits per heavy atom. The first-order valence-electron chi connectivity index (χ1n) is 10.6. The normalized spacial score (nSPS) is 15.2. The van der Waals surface area contributed by atoms with E-state index in [2.05, 4.69) is 5.32 Å². The second-order valence-electron chi connectivity index (χ2n) is 7.88. The summed E-state index contributed by atoms with van der Waals surface area (Å²) in [5, 5.41) is 5.78. The fourth-order valence-electron chi connectivity index (χ4n) is 3.97. The lowest BCUT2D eigenvalue weighted by Gasteiger charge is -2.29. The van der Waals surface area contributed by atoms with Crippen molar-refractivity contribution in [3.63, 3.8) is 0 Å². The monoisotopic (exact) mass is 571 g/mol. The molecule has 0 atom stereocenters. The summed E-state index contributed by atoms with van der Waals surface area (Å²) < 4.78 is 1.98. The Morgan fingerprint density at radius 1 is 0.917 bits per heavy atom. The highest BCUT2D eigenvalue weighted by Crippen LogP contribution is 2.43. The van der Waals surface area contributed by atoms with Gasteiger partial charge in [-0.25, -0.2) is 0 Å². The van der Waals surface area contributed by atoms with E-state index in [1.54, 1.807) is 48.5 Å². The summed E-state index contributed by atoms with van der Waals surface area (Å²) in [4.78, 5) is 28.5. The van der Waals surface area contributed by atoms with E-state index in [9.17, 15) is 9.59 Å². The smallest absolute Gasteiger partial charge is 0.270 e. The number of halogens is 3. The standard InChI is InChI=1S/C26H16Cl3N3O2S2/c1-31-21-8-3-2-5-16(21)17(25(31)36-22-19(28)6-4-7-20(22)29)13-18-23(33)30-26(35)32(24(18)34)15-11-9-14(27)10-12-15/h2-13H,1H3,(H,30,33,35). The van der Waals surface area contributed by atoms with Crippen molar-refractivity contribution >= 4 is 98.4 Å². The fourth-order valence-corrected chi connectivity index (χ4v) is 6.04. The molecule has 10 heteroatoms. The van der Waals surface area contributed by atoms with E-state index in [4.69, 9.17) is 47.0 Å². The van der Waals surface area contributed by atoms with Crippen LogP contribution >= 0.6 is 58.8 Å². The van der Waals surface area contributed by atoms with Crippen LogP contribution in [-0.4, -0.2) is 21.5 Å². The molecule has 4 aromatic rings. The largest absolute Gasteiger partial charge is 0.338 e. The number of anilines is 1. The van der Waals surface area contributed by atoms with Crippen molar-refractivity contribution in [1.29, 1.82) is 0 Å². The van der Waals surface area contributed by atoms with Crippen LogP contribution in [0, 0.1) is 0 Å². The van der Waals surface area contributed by atoms with Gasteiger partial charge in [0, 0.05) is 28.5 Å². The third kappa shape index (κ3) is 4.42. The van der Waals surface area contributed by atoms with E-state index in [1.807, 2.05) is 35.9 Å². The van der Waals surface area contributed by atoms with Gasteiger partial charge in [0.2, 0.25) is 0 Å². The van der Waals surface area contributed by atoms with Gasteiger partial charge >= 0.3 is 0 Å². The Morgan fingerprint density at radius 3 is 2.28 bits per heavy atom. The topological polar surface area (TPSA) is 54.3 Å². The Labute approximate surface area is 231 Å². The molecule has 0 saturated carbocycles. The van der Waals surface area contributed by atoms with Crippen LogP contribution in [0.5, 0.6) is 0 Å². The highest BCUT2D eigenvalue weighted by molar-refractivity contribution is 7.99. The quantitative estimate of drug-likeness (QED) is 0.161. The molecule has 1 fully saturated rings. The molecule has 2 amide bonds. The van der Waals surface area contributed by atoms with Crippen LogP contribution in [-0.2, 0) is 16.6 Å². The molecule has 0 spiro atoms. The number of aryl methyl sites for hydroxylation is 1. The first-order valence-corrected chi connectivity index (χ1v) is 13.0. The average Bonchev–Trinajstić information content (AvgIpc) is 3.11. The van der Waals surface area contributed by atoms with E-state index in [0.29, 0.717) is 31.2 Å². The van der Waals surface area contributed by atoms with Gasteiger partial charge in [0.15, 0.2) is 5.11 Å². The van der Waals surface area contributed by atoms with E-state index in [-0.39, 0.29) is 10.7 Å². The number of nitrogens with zero attached hydrogens (tertiary/aromatic N) is 2. The van der Waals surface area contributed by atoms with Crippen LogP contribution in [0.1, 0.15) is 5.56 Å². The van der Waals surface area contributed by atoms with Crippen molar-refractivity contribution in [2.45, 2.75) is 9.92 Å². The Kier molecular flexibility index (Phi) is 6.85. The zero-order chi connectivity index (χ0) is 25.6. The molecular formula is C26H16Cl3N3O2S2. The predicted octanol–water partition coefficient (Wildman–Crippen LogP) is 7.12. The highest BCUT2D eigenvalue weighted by atomic mass is 35.5. The predicted molar refractivity (Wildman–Crippen MR) is 151 cm³/mol. The number of rotatable bonds is 4. The van der Waals surface area contributed by atoms with Gasteiger partial charge < -0.3 is 4.57 Å². The minimum Gasteiger partial charge on any atom is -0.338 e. The minimum atomic E-state index is -0.574. The summed E-state index contributed by atoms with van der Waals surface area (Å²) in [6.07, 6.45) is 1.60. The van der Waals surface area contributed by atoms with Crippen LogP contribution in [0.4, 0.5) is 5.69 Å². The van der Waals surface area contributed by atoms with E-state index in [0.717, 1.165) is 15.9 Å². The van der Waals surface area contributed by atoms with Crippen molar-refractivity contribution in [3.8, 4) is 0 Å². The van der Waals surface area contributed by atoms with Gasteiger partial charge in [0.05, 0.1) is 25.7 Å². The van der Waals surface area contributed by atoms with Crippen LogP contribution in [0.25, 0.3) is 17.0 Å². The molecule has 1 aromatic heterocycles. The summed E-state index contributed by atoms with van der Waals surface area (Å²) >= 11 is 25.6. The van der Waals surface area contributed by atoms with E-state index < -0.39 is 11.8 Å². The summed E-state index contributed by atoms with van der Waals surface area (Å²) in [5.41, 5.74) is 2.05. The van der Waals surface area contributed by atoms with Crippen LogP contribution in [0.2, 0.25) is 15.1 Å². The van der Waals surface area contributed by atoms with E-state index >= 15 is 0 Å². The molecule has 0 aliphatic carbocycles. The molecule has 5 rings (SSSR count). The number of benzene rings is 3. The molecule has 3 aromatic carbocycles. The molecule has 1 aliphatic rings. The number of fused-ring (bicyclic) bond motifs is 1. The molecule has 0 unspecified atom stereocenters. The molecule has 36 heavy (non-hydrogen) atoms. The third-order valence-electron chi connectivity index (χ3n) is 5.68. The Hall–Kier alpha value is -2.81. The summed E-state index contributed by atoms with van der Waals surface area (Å²) in [7, 11) is 1.91. The van der Waals surface area contributed by atoms with Gasteiger partial charge in [-0.1, -0.05) is 70.8 Å². The second kappa shape index (κ2) is 9.92. The van der Waals surface area contributed by atoms with Gasteiger partial charge in [0.25, 0.3) is 11.8 Å². The van der Waals surface area contributed by atoms with Gasteiger partial charge in [0.1, 0.15) is 5.57 Å². The summed E-state index contributed by atoms with van der Waals surface area (Å²) in [5.74, 6) is -1.11. The first kappa shape index (κ1) is 24.9. The number of amides is 2. The number of hydrogen-bond acceptors (Lipinski definition) is 4. The van der Waals surface area contributed by atoms with Crippen LogP contribution < -0.4 is 10.2 Å². The van der Waals surface area contributed by atoms with Crippen molar-refractivity contribution in [2.75, 3.05) is 4.90 Å². The lowest BCUT2D eigenvalue weighted by atomic mass is 10.1.